The molecule has 5 nitrogen and oxygen atoms in total. The number of hydrogen-bond donors (Lipinski definition) is 0. The topological polar surface area (TPSA) is 65.0 Å². The van der Waals surface area contributed by atoms with Crippen molar-refractivity contribution in [1.82, 2.24) is 15.0 Å². The van der Waals surface area contributed by atoms with Crippen molar-refractivity contribution < 1.29 is 8.83 Å². The predicted molar refractivity (Wildman–Crippen MR) is 227 cm³/mol. The molecule has 0 spiro atoms. The van der Waals surface area contributed by atoms with Gasteiger partial charge in [-0.15, -0.1) is 0 Å². The van der Waals surface area contributed by atoms with Gasteiger partial charge in [-0.2, -0.15) is 0 Å². The highest BCUT2D eigenvalue weighted by Crippen LogP contribution is 2.43. The summed E-state index contributed by atoms with van der Waals surface area (Å²) in [5, 5.41) is 4.30. The first-order chi connectivity index (χ1) is 27.7. The maximum Gasteiger partial charge on any atom is 0.164 e. The molecule has 3 heterocycles. The molecular formula is C51H31N3O2. The second-order valence-corrected chi connectivity index (χ2v) is 13.9. The Labute approximate surface area is 322 Å². The molecule has 262 valence electrons. The van der Waals surface area contributed by atoms with E-state index in [1.54, 1.807) is 0 Å². The zero-order chi connectivity index (χ0) is 37.0. The van der Waals surface area contributed by atoms with E-state index in [1.165, 1.54) is 0 Å². The highest BCUT2D eigenvalue weighted by Gasteiger charge is 2.19. The Kier molecular flexibility index (Phi) is 7.42. The van der Waals surface area contributed by atoms with Gasteiger partial charge in [0, 0.05) is 38.2 Å². The monoisotopic (exact) mass is 717 g/mol. The molecular weight excluding hydrogens is 687 g/mol. The van der Waals surface area contributed by atoms with E-state index in [4.69, 9.17) is 23.8 Å². The first-order valence-corrected chi connectivity index (χ1v) is 18.7. The van der Waals surface area contributed by atoms with Gasteiger partial charge in [0.05, 0.1) is 0 Å². The van der Waals surface area contributed by atoms with Crippen LogP contribution in [0, 0.1) is 0 Å². The third-order valence-electron chi connectivity index (χ3n) is 10.6. The fourth-order valence-electron chi connectivity index (χ4n) is 7.95. The number of nitrogens with zero attached hydrogens (tertiary/aromatic N) is 3. The van der Waals surface area contributed by atoms with Gasteiger partial charge in [0.15, 0.2) is 17.5 Å². The lowest BCUT2D eigenvalue weighted by Crippen LogP contribution is -2.00. The van der Waals surface area contributed by atoms with E-state index in [0.29, 0.717) is 17.5 Å². The second kappa shape index (κ2) is 13.0. The quantitative estimate of drug-likeness (QED) is 0.171. The number of hydrogen-bond acceptors (Lipinski definition) is 5. The normalized spacial score (nSPS) is 11.6. The number of fused-ring (bicyclic) bond motifs is 6. The fraction of sp³-hybridized carbons (Fsp3) is 0. The fourth-order valence-corrected chi connectivity index (χ4v) is 7.95. The molecule has 11 aromatic rings. The second-order valence-electron chi connectivity index (χ2n) is 13.9. The number of benzene rings is 8. The van der Waals surface area contributed by atoms with Crippen LogP contribution in [0.25, 0.3) is 111 Å². The van der Waals surface area contributed by atoms with Crippen LogP contribution in [0.3, 0.4) is 0 Å². The van der Waals surface area contributed by atoms with Crippen LogP contribution in [0.4, 0.5) is 0 Å². The first kappa shape index (κ1) is 31.9. The molecule has 8 aromatic carbocycles. The Morgan fingerprint density at radius 2 is 0.768 bits per heavy atom. The van der Waals surface area contributed by atoms with Crippen molar-refractivity contribution in [2.45, 2.75) is 0 Å². The van der Waals surface area contributed by atoms with Crippen LogP contribution in [0.2, 0.25) is 0 Å². The van der Waals surface area contributed by atoms with E-state index in [2.05, 4.69) is 109 Å². The smallest absolute Gasteiger partial charge is 0.164 e. The van der Waals surface area contributed by atoms with Gasteiger partial charge in [-0.1, -0.05) is 152 Å². The van der Waals surface area contributed by atoms with Crippen molar-refractivity contribution >= 4 is 43.9 Å². The van der Waals surface area contributed by atoms with E-state index >= 15 is 0 Å². The molecule has 0 amide bonds. The zero-order valence-electron chi connectivity index (χ0n) is 30.1. The number of furan rings is 2. The Bertz CT molecular complexity index is 3180. The van der Waals surface area contributed by atoms with Gasteiger partial charge in [0.2, 0.25) is 0 Å². The summed E-state index contributed by atoms with van der Waals surface area (Å²) in [6.07, 6.45) is 0. The van der Waals surface area contributed by atoms with Crippen molar-refractivity contribution in [2.24, 2.45) is 0 Å². The average molecular weight is 718 g/mol. The largest absolute Gasteiger partial charge is 0.456 e. The van der Waals surface area contributed by atoms with Crippen LogP contribution in [0.15, 0.2) is 197 Å². The molecule has 0 aliphatic carbocycles. The molecule has 0 atom stereocenters. The maximum atomic E-state index is 6.62. The molecule has 56 heavy (non-hydrogen) atoms. The van der Waals surface area contributed by atoms with E-state index < -0.39 is 0 Å². The van der Waals surface area contributed by atoms with Crippen LogP contribution < -0.4 is 0 Å². The van der Waals surface area contributed by atoms with Crippen molar-refractivity contribution in [1.29, 1.82) is 0 Å². The molecule has 0 saturated carbocycles. The molecule has 11 rings (SSSR count). The lowest BCUT2D eigenvalue weighted by Gasteiger charge is -2.12. The molecule has 0 aliphatic heterocycles. The Morgan fingerprint density at radius 3 is 1.43 bits per heavy atom. The minimum absolute atomic E-state index is 0.586. The van der Waals surface area contributed by atoms with Crippen LogP contribution >= 0.6 is 0 Å². The molecule has 0 saturated heterocycles. The summed E-state index contributed by atoms with van der Waals surface area (Å²) in [5.41, 5.74) is 12.8. The van der Waals surface area contributed by atoms with Gasteiger partial charge in [-0.3, -0.25) is 0 Å². The number of rotatable bonds is 6. The van der Waals surface area contributed by atoms with Crippen molar-refractivity contribution in [2.75, 3.05) is 0 Å². The van der Waals surface area contributed by atoms with Gasteiger partial charge in [0.25, 0.3) is 0 Å². The highest BCUT2D eigenvalue weighted by atomic mass is 16.3. The van der Waals surface area contributed by atoms with Gasteiger partial charge in [-0.05, 0) is 69.8 Å². The summed E-state index contributed by atoms with van der Waals surface area (Å²) in [7, 11) is 0. The van der Waals surface area contributed by atoms with Crippen LogP contribution in [-0.2, 0) is 0 Å². The molecule has 0 radical (unpaired) electrons. The predicted octanol–water partition coefficient (Wildman–Crippen LogP) is 13.7. The number of aromatic nitrogens is 3. The summed E-state index contributed by atoms with van der Waals surface area (Å²) < 4.78 is 13.0. The molecule has 0 bridgehead atoms. The molecule has 3 aromatic heterocycles. The minimum atomic E-state index is 0.586. The van der Waals surface area contributed by atoms with E-state index in [1.807, 2.05) is 78.9 Å². The summed E-state index contributed by atoms with van der Waals surface area (Å²) in [5.74, 6) is 1.83. The summed E-state index contributed by atoms with van der Waals surface area (Å²) in [4.78, 5) is 14.8. The van der Waals surface area contributed by atoms with E-state index in [-0.39, 0.29) is 0 Å². The Morgan fingerprint density at radius 1 is 0.268 bits per heavy atom. The third-order valence-corrected chi connectivity index (χ3v) is 10.6. The molecule has 5 heteroatoms. The van der Waals surface area contributed by atoms with Crippen LogP contribution in [0.1, 0.15) is 0 Å². The molecule has 0 N–H and O–H groups in total. The van der Waals surface area contributed by atoms with E-state index in [0.717, 1.165) is 93.9 Å². The zero-order valence-corrected chi connectivity index (χ0v) is 30.1. The maximum absolute atomic E-state index is 6.62. The van der Waals surface area contributed by atoms with E-state index in [9.17, 15) is 0 Å². The van der Waals surface area contributed by atoms with Crippen LogP contribution in [-0.4, -0.2) is 15.0 Å². The summed E-state index contributed by atoms with van der Waals surface area (Å²) in [6.45, 7) is 0. The minimum Gasteiger partial charge on any atom is -0.456 e. The van der Waals surface area contributed by atoms with Gasteiger partial charge in [-0.25, -0.2) is 15.0 Å². The first-order valence-electron chi connectivity index (χ1n) is 18.7. The van der Waals surface area contributed by atoms with Gasteiger partial charge >= 0.3 is 0 Å². The average Bonchev–Trinajstić information content (AvgIpc) is 3.85. The molecule has 0 unspecified atom stereocenters. The molecule has 0 fully saturated rings. The third kappa shape index (κ3) is 5.37. The Balaban J connectivity index is 1.05. The lowest BCUT2D eigenvalue weighted by atomic mass is 9.91. The summed E-state index contributed by atoms with van der Waals surface area (Å²) in [6, 6.07) is 64.6. The lowest BCUT2D eigenvalue weighted by molar-refractivity contribution is 0.668. The highest BCUT2D eigenvalue weighted by molar-refractivity contribution is 6.16. The van der Waals surface area contributed by atoms with Crippen molar-refractivity contribution in [3.05, 3.63) is 188 Å². The van der Waals surface area contributed by atoms with Gasteiger partial charge in [0.1, 0.15) is 22.3 Å². The Hall–Kier alpha value is -7.63. The van der Waals surface area contributed by atoms with Crippen molar-refractivity contribution in [3.8, 4) is 67.5 Å². The van der Waals surface area contributed by atoms with Crippen LogP contribution in [0.5, 0.6) is 0 Å². The standard InChI is InChI=1S/C51H31N3O2/c1-4-14-32(15-5-1)38-22-12-24-44-47(38)42-30-35(27-29-43(42)55-44)37-20-10-11-21-39(37)40-23-13-25-45-48(40)41-28-26-36(31-46(41)56-45)51-53-49(33-16-6-2-7-17-33)52-50(54-51)34-18-8-3-9-19-34/h1-31H. The SMILES string of the molecule is c1ccc(-c2nc(-c3ccccc3)nc(-c3ccc4c(c3)oc3cccc(-c5ccccc5-c5ccc6oc7cccc(-c8ccccc8)c7c6c5)c34)n2)cc1. The summed E-state index contributed by atoms with van der Waals surface area (Å²) >= 11 is 0. The van der Waals surface area contributed by atoms with Gasteiger partial charge < -0.3 is 8.83 Å². The van der Waals surface area contributed by atoms with Crippen molar-refractivity contribution in [3.63, 3.8) is 0 Å². The molecule has 0 aliphatic rings.